The van der Waals surface area contributed by atoms with Crippen LogP contribution < -0.4 is 32.6 Å². The highest BCUT2D eigenvalue weighted by atomic mass is 32.1. The van der Waals surface area contributed by atoms with Gasteiger partial charge >= 0.3 is 0 Å². The average molecular weight is 1630 g/mol. The van der Waals surface area contributed by atoms with Crippen molar-refractivity contribution in [2.75, 3.05) is 0 Å². The Hall–Kier alpha value is -15.9. The number of rotatable bonds is 12. The third-order valence-corrected chi connectivity index (χ3v) is 21.3. The van der Waals surface area contributed by atoms with Crippen molar-refractivity contribution >= 4 is 90.0 Å². The number of hydrogen-bond acceptors (Lipinski definition) is 20. The maximum atomic E-state index is 14.2. The second kappa shape index (κ2) is 34.1. The van der Waals surface area contributed by atoms with Gasteiger partial charge in [-0.3, -0.25) is 47.5 Å². The number of pyridine rings is 1. The van der Waals surface area contributed by atoms with E-state index < -0.39 is 18.1 Å². The van der Waals surface area contributed by atoms with Crippen LogP contribution in [-0.2, 0) is 0 Å². The van der Waals surface area contributed by atoms with Gasteiger partial charge in [0.05, 0.1) is 117 Å². The molecule has 18 rings (SSSR count). The van der Waals surface area contributed by atoms with Gasteiger partial charge < -0.3 is 16.0 Å². The number of nitrogens with zero attached hydrogens (tertiary/aromatic N) is 18. The maximum absolute atomic E-state index is 14.2. The summed E-state index contributed by atoms with van der Waals surface area (Å²) in [6.45, 7) is 16.4. The van der Waals surface area contributed by atoms with Gasteiger partial charge in [-0.25, -0.2) is 53.4 Å². The zero-order valence-corrected chi connectivity index (χ0v) is 68.1. The average Bonchev–Trinajstić information content (AvgIpc) is 1.65. The summed E-state index contributed by atoms with van der Waals surface area (Å²) in [6.07, 6.45) is 13.5. The van der Waals surface area contributed by atoms with E-state index in [2.05, 4.69) is 96.7 Å². The predicted molar refractivity (Wildman–Crippen MR) is 463 cm³/mol. The van der Waals surface area contributed by atoms with Crippen molar-refractivity contribution in [1.29, 1.82) is 0 Å². The molecule has 0 aliphatic carbocycles. The molecule has 592 valence electrons. The minimum Gasteiger partial charge on any atom is -0.342 e. The highest BCUT2D eigenvalue weighted by molar-refractivity contribution is 7.12. The molecule has 0 bridgehead atoms. The van der Waals surface area contributed by atoms with Crippen LogP contribution in [0.3, 0.4) is 0 Å². The second-order valence-corrected chi connectivity index (χ2v) is 30.1. The number of thiazole rings is 2. The van der Waals surface area contributed by atoms with E-state index >= 15 is 0 Å². The topological polar surface area (TPSA) is 321 Å². The van der Waals surface area contributed by atoms with Gasteiger partial charge in [0.15, 0.2) is 16.9 Å². The molecule has 3 N–H and O–H groups in total. The summed E-state index contributed by atoms with van der Waals surface area (Å²) < 4.78 is 9.32. The summed E-state index contributed by atoms with van der Waals surface area (Å²) in [5, 5.41) is 24.3. The SMILES string of the molecule is Cc1ccc(C#Cc2cccc3nc([C@H](C)NC(=O)c4c(C)nn5cccnc45)n(-c4ccccc4)c(=O)c23)cn1.Cc1ncc(C#Cc2cccc3nc([C@H](C)NC(=O)c4c(C)nn5cccnc45)n(-c4ccccc4)c(=O)c23)s1.Cc1ncsc1C#Cc1cccc2nc([C@H](C)NC(=O)c3c(C)nn4cccnc34)n(-c3ccccc3)c(=O)c12. The monoisotopic (exact) mass is 1630 g/mol. The van der Waals surface area contributed by atoms with Crippen LogP contribution in [0.2, 0.25) is 0 Å². The second-order valence-electron chi connectivity index (χ2n) is 28.0. The number of para-hydroxylation sites is 3. The van der Waals surface area contributed by atoms with Gasteiger partial charge in [0.1, 0.15) is 34.2 Å². The molecule has 12 aromatic heterocycles. The van der Waals surface area contributed by atoms with Crippen LogP contribution in [0.5, 0.6) is 0 Å². The van der Waals surface area contributed by atoms with Crippen molar-refractivity contribution in [2.45, 2.75) is 80.4 Å². The first-order valence-electron chi connectivity index (χ1n) is 38.2. The lowest BCUT2D eigenvalue weighted by Crippen LogP contribution is -2.33. The first kappa shape index (κ1) is 79.0. The molecule has 12 heterocycles. The number of carbonyl (C=O) groups excluding carboxylic acids is 3. The van der Waals surface area contributed by atoms with Crippen LogP contribution in [0.25, 0.3) is 66.7 Å². The van der Waals surface area contributed by atoms with Gasteiger partial charge in [-0.15, -0.1) is 22.7 Å². The van der Waals surface area contributed by atoms with Crippen molar-refractivity contribution in [1.82, 2.24) is 103 Å². The number of fused-ring (bicyclic) bond motifs is 6. The van der Waals surface area contributed by atoms with Crippen LogP contribution in [0.1, 0.15) is 153 Å². The zero-order chi connectivity index (χ0) is 84.1. The Morgan fingerprint density at radius 3 is 1.11 bits per heavy atom. The predicted octanol–water partition coefficient (Wildman–Crippen LogP) is 13.1. The lowest BCUT2D eigenvalue weighted by Gasteiger charge is -2.20. The van der Waals surface area contributed by atoms with Crippen molar-refractivity contribution in [3.8, 4) is 52.6 Å². The zero-order valence-electron chi connectivity index (χ0n) is 66.5. The third-order valence-electron chi connectivity index (χ3n) is 19.7. The van der Waals surface area contributed by atoms with E-state index in [1.165, 1.54) is 36.4 Å². The molecule has 0 unspecified atom stereocenters. The highest BCUT2D eigenvalue weighted by Crippen LogP contribution is 2.28. The normalized spacial score (nSPS) is 11.7. The summed E-state index contributed by atoms with van der Waals surface area (Å²) in [6, 6.07) is 51.1. The minimum atomic E-state index is -0.633. The summed E-state index contributed by atoms with van der Waals surface area (Å²) in [5.74, 6) is 18.9. The largest absolute Gasteiger partial charge is 0.342 e. The van der Waals surface area contributed by atoms with Gasteiger partial charge in [0, 0.05) is 71.3 Å². The lowest BCUT2D eigenvalue weighted by atomic mass is 10.1. The van der Waals surface area contributed by atoms with E-state index in [1.54, 1.807) is 153 Å². The number of hydrogen-bond donors (Lipinski definition) is 3. The Balaban J connectivity index is 0.000000135. The maximum Gasteiger partial charge on any atom is 0.267 e. The van der Waals surface area contributed by atoms with Crippen LogP contribution in [0, 0.1) is 77.1 Å². The van der Waals surface area contributed by atoms with Gasteiger partial charge in [0.2, 0.25) is 0 Å². The van der Waals surface area contributed by atoms with Gasteiger partial charge in [0.25, 0.3) is 34.4 Å². The van der Waals surface area contributed by atoms with E-state index in [4.69, 9.17) is 15.0 Å². The molecule has 27 nitrogen and oxygen atoms in total. The quantitative estimate of drug-likeness (QED) is 0.0957. The Morgan fingerprint density at radius 1 is 0.380 bits per heavy atom. The van der Waals surface area contributed by atoms with Gasteiger partial charge in [-0.1, -0.05) is 96.5 Å². The van der Waals surface area contributed by atoms with Crippen molar-refractivity contribution in [2.24, 2.45) is 0 Å². The molecule has 0 radical (unpaired) electrons. The molecule has 29 heteroatoms. The fraction of sp³-hybridized carbons (Fsp3) is 0.130. The Labute approximate surface area is 698 Å². The molecule has 3 atom stereocenters. The van der Waals surface area contributed by atoms with Crippen molar-refractivity contribution in [3.05, 3.63) is 362 Å². The summed E-state index contributed by atoms with van der Waals surface area (Å²) in [5.41, 5.74) is 12.6. The summed E-state index contributed by atoms with van der Waals surface area (Å²) >= 11 is 2.95. The van der Waals surface area contributed by atoms with Gasteiger partial charge in [-0.05, 0) is 177 Å². The van der Waals surface area contributed by atoms with Crippen molar-refractivity contribution in [3.63, 3.8) is 0 Å². The van der Waals surface area contributed by atoms with Crippen LogP contribution in [0.4, 0.5) is 0 Å². The van der Waals surface area contributed by atoms with Crippen LogP contribution in [-0.4, -0.2) is 105 Å². The molecule has 0 spiro atoms. The minimum absolute atomic E-state index is 0.271. The van der Waals surface area contributed by atoms with Gasteiger partial charge in [-0.2, -0.15) is 15.3 Å². The molecule has 3 amide bonds. The van der Waals surface area contributed by atoms with E-state index in [-0.39, 0.29) is 34.4 Å². The Kier molecular flexibility index (Phi) is 22.3. The van der Waals surface area contributed by atoms with Crippen LogP contribution in [0.15, 0.2) is 245 Å². The summed E-state index contributed by atoms with van der Waals surface area (Å²) in [4.78, 5) is 125. The Bertz CT molecular complexity index is 7520. The molecule has 0 aliphatic heterocycles. The highest BCUT2D eigenvalue weighted by Gasteiger charge is 2.29. The molecule has 0 fully saturated rings. The number of aryl methyl sites for hydroxylation is 6. The molecular weight excluding hydrogens is 1560 g/mol. The summed E-state index contributed by atoms with van der Waals surface area (Å²) in [7, 11) is 0. The van der Waals surface area contributed by atoms with E-state index in [0.717, 1.165) is 31.7 Å². The smallest absolute Gasteiger partial charge is 0.267 e. The number of nitrogens with one attached hydrogen (secondary N) is 3. The number of amides is 3. The van der Waals surface area contributed by atoms with Crippen LogP contribution >= 0.6 is 22.7 Å². The molecule has 18 aromatic rings. The van der Waals surface area contributed by atoms with E-state index in [1.807, 2.05) is 154 Å². The first-order chi connectivity index (χ1) is 58.7. The van der Waals surface area contributed by atoms with E-state index in [0.29, 0.717) is 135 Å². The fourth-order valence-corrected chi connectivity index (χ4v) is 15.2. The molecule has 121 heavy (non-hydrogen) atoms. The number of carbonyl (C=O) groups is 3. The number of aromatic nitrogens is 18. The van der Waals surface area contributed by atoms with E-state index in [9.17, 15) is 28.8 Å². The third kappa shape index (κ3) is 16.2. The molecule has 0 saturated heterocycles. The first-order valence-corrected chi connectivity index (χ1v) is 39.9. The standard InChI is InChI=1S/C32H25N7O2.2C30H23N7O2S/c1-20-13-14-23(19-34-20)15-16-24-9-7-12-26-28(24)32(41)39(25-10-5-4-6-11-25)29(36-26)22(3)35-31(40)27-21(2)37-38-18-8-17-33-30(27)38;1-18-25(28-31-15-8-16-36(28)35-18)29(38)33-19(2)27-34-24-12-7-9-21(13-14-23-17-32-20(3)40-23)26(24)30(39)37(27)22-10-5-4-6-11-22;1-18-24(40-17-32-18)14-13-21-9-7-12-23-26(21)30(39)37(22-10-5-4-6-11-22)27(34-23)20(3)33-29(38)25-19(2)35-36-16-8-15-31-28(25)36/h4-14,17-19,22H,1-3H3,(H,35,40);4-12,15-17,19H,1-3H3,(H,33,38);4-12,15-17,20H,1-3H3,(H,33,38)/t22-;19-;20-/m000/s1. The fourth-order valence-electron chi connectivity index (χ4n) is 14.0. The molecule has 0 aliphatic rings. The number of benzene rings is 6. The Morgan fingerprint density at radius 2 is 0.760 bits per heavy atom. The molecule has 6 aromatic carbocycles. The molecule has 0 saturated carbocycles. The van der Waals surface area contributed by atoms with Crippen molar-refractivity contribution < 1.29 is 14.4 Å². The lowest BCUT2D eigenvalue weighted by molar-refractivity contribution is 0.0930. The molecular formula is C92H71N21O6S2.